The van der Waals surface area contributed by atoms with Crippen molar-refractivity contribution in [2.24, 2.45) is 7.05 Å². The number of aromatic nitrogens is 2. The molecule has 1 aromatic rings. The summed E-state index contributed by atoms with van der Waals surface area (Å²) < 4.78 is 1.72. The molecule has 1 saturated carbocycles. The number of aryl methyl sites for hydroxylation is 1. The van der Waals surface area contributed by atoms with Gasteiger partial charge in [-0.1, -0.05) is 13.3 Å². The second kappa shape index (κ2) is 8.66. The Labute approximate surface area is 137 Å². The van der Waals surface area contributed by atoms with Gasteiger partial charge in [-0.15, -0.1) is 12.4 Å². The van der Waals surface area contributed by atoms with E-state index in [0.29, 0.717) is 11.3 Å². The molecule has 1 aliphatic carbocycles. The van der Waals surface area contributed by atoms with Gasteiger partial charge in [-0.05, 0) is 25.6 Å². The van der Waals surface area contributed by atoms with Crippen molar-refractivity contribution in [1.29, 1.82) is 0 Å². The lowest BCUT2D eigenvalue weighted by molar-refractivity contribution is -0.123. The van der Waals surface area contributed by atoms with E-state index in [-0.39, 0.29) is 24.4 Å². The predicted octanol–water partition coefficient (Wildman–Crippen LogP) is 1.89. The number of nitrogens with one attached hydrogen (secondary N) is 2. The van der Waals surface area contributed by atoms with Gasteiger partial charge in [-0.2, -0.15) is 16.9 Å². The average molecular weight is 333 g/mol. The van der Waals surface area contributed by atoms with E-state index in [2.05, 4.69) is 22.7 Å². The van der Waals surface area contributed by atoms with Gasteiger partial charge in [0.05, 0.1) is 6.20 Å². The number of amides is 1. The minimum Gasteiger partial charge on any atom is -0.351 e. The first-order valence-corrected chi connectivity index (χ1v) is 8.28. The molecule has 3 atom stereocenters. The summed E-state index contributed by atoms with van der Waals surface area (Å²) in [6.45, 7) is 2.17. The average Bonchev–Trinajstić information content (AvgIpc) is 3.01. The van der Waals surface area contributed by atoms with Crippen molar-refractivity contribution in [1.82, 2.24) is 20.4 Å². The molecule has 2 N–H and O–H groups in total. The highest BCUT2D eigenvalue weighted by atomic mass is 35.5. The maximum absolute atomic E-state index is 12.5. The van der Waals surface area contributed by atoms with Crippen LogP contribution in [0.1, 0.15) is 37.8 Å². The van der Waals surface area contributed by atoms with Crippen molar-refractivity contribution in [3.05, 3.63) is 18.0 Å². The SMILES string of the molecule is CCSC1CCCC1NC(=O)C(NC)c1cnn(C)c1.Cl. The Morgan fingerprint density at radius 1 is 1.57 bits per heavy atom. The molecule has 2 rings (SSSR count). The number of hydrogen-bond acceptors (Lipinski definition) is 4. The molecule has 0 spiro atoms. The number of halogens is 1. The first kappa shape index (κ1) is 18.3. The Morgan fingerprint density at radius 2 is 2.33 bits per heavy atom. The van der Waals surface area contributed by atoms with Crippen LogP contribution in [0, 0.1) is 0 Å². The van der Waals surface area contributed by atoms with Crippen molar-refractivity contribution < 1.29 is 4.79 Å². The Kier molecular flexibility index (Phi) is 7.56. The Bertz CT molecular complexity index is 454. The van der Waals surface area contributed by atoms with E-state index in [9.17, 15) is 4.79 Å². The van der Waals surface area contributed by atoms with Gasteiger partial charge in [0.1, 0.15) is 6.04 Å². The van der Waals surface area contributed by atoms with Crippen LogP contribution in [0.25, 0.3) is 0 Å². The van der Waals surface area contributed by atoms with E-state index in [0.717, 1.165) is 17.7 Å². The van der Waals surface area contributed by atoms with Gasteiger partial charge in [-0.25, -0.2) is 0 Å². The molecule has 21 heavy (non-hydrogen) atoms. The van der Waals surface area contributed by atoms with Crippen molar-refractivity contribution in [2.45, 2.75) is 43.5 Å². The number of rotatable bonds is 6. The molecule has 1 amide bonds. The molecule has 120 valence electrons. The van der Waals surface area contributed by atoms with Gasteiger partial charge in [0, 0.05) is 30.1 Å². The summed E-state index contributed by atoms with van der Waals surface area (Å²) in [6, 6.07) is -0.0171. The highest BCUT2D eigenvalue weighted by molar-refractivity contribution is 7.99. The molecule has 1 aliphatic rings. The molecule has 3 unspecified atom stereocenters. The minimum atomic E-state index is -0.323. The summed E-state index contributed by atoms with van der Waals surface area (Å²) >= 11 is 1.96. The normalized spacial score (nSPS) is 22.6. The van der Waals surface area contributed by atoms with Gasteiger partial charge < -0.3 is 10.6 Å². The van der Waals surface area contributed by atoms with Crippen LogP contribution in [-0.2, 0) is 11.8 Å². The molecule has 1 aromatic heterocycles. The molecule has 0 bridgehead atoms. The van der Waals surface area contributed by atoms with E-state index in [1.165, 1.54) is 12.8 Å². The van der Waals surface area contributed by atoms with Crippen LogP contribution in [-0.4, -0.2) is 39.8 Å². The fraction of sp³-hybridized carbons (Fsp3) is 0.714. The van der Waals surface area contributed by atoms with Crippen LogP contribution in [0.2, 0.25) is 0 Å². The molecule has 0 aromatic carbocycles. The molecule has 0 saturated heterocycles. The highest BCUT2D eigenvalue weighted by Gasteiger charge is 2.30. The largest absolute Gasteiger partial charge is 0.351 e. The molecule has 0 aliphatic heterocycles. The Hall–Kier alpha value is -0.720. The number of nitrogens with zero attached hydrogens (tertiary/aromatic N) is 2. The zero-order chi connectivity index (χ0) is 14.5. The van der Waals surface area contributed by atoms with Crippen molar-refractivity contribution in [3.63, 3.8) is 0 Å². The van der Waals surface area contributed by atoms with E-state index in [1.807, 2.05) is 32.1 Å². The molecule has 7 heteroatoms. The summed E-state index contributed by atoms with van der Waals surface area (Å²) in [5, 5.41) is 11.0. The Morgan fingerprint density at radius 3 is 2.90 bits per heavy atom. The number of likely N-dealkylation sites (N-methyl/N-ethyl adjacent to an activating group) is 1. The third kappa shape index (κ3) is 4.63. The topological polar surface area (TPSA) is 59.0 Å². The number of thioether (sulfide) groups is 1. The second-order valence-electron chi connectivity index (χ2n) is 5.21. The van der Waals surface area contributed by atoms with Gasteiger partial charge >= 0.3 is 0 Å². The summed E-state index contributed by atoms with van der Waals surface area (Å²) in [5.41, 5.74) is 0.908. The fourth-order valence-corrected chi connectivity index (χ4v) is 4.01. The predicted molar refractivity (Wildman–Crippen MR) is 90.0 cm³/mol. The Balaban J connectivity index is 0.00000220. The van der Waals surface area contributed by atoms with Crippen LogP contribution in [0.5, 0.6) is 0 Å². The number of hydrogen-bond donors (Lipinski definition) is 2. The monoisotopic (exact) mass is 332 g/mol. The maximum Gasteiger partial charge on any atom is 0.242 e. The molecule has 0 radical (unpaired) electrons. The smallest absolute Gasteiger partial charge is 0.242 e. The minimum absolute atomic E-state index is 0. The van der Waals surface area contributed by atoms with Crippen molar-refractivity contribution >= 4 is 30.1 Å². The van der Waals surface area contributed by atoms with E-state index in [4.69, 9.17) is 0 Å². The zero-order valence-corrected chi connectivity index (χ0v) is 14.5. The number of carbonyl (C=O) groups is 1. The highest BCUT2D eigenvalue weighted by Crippen LogP contribution is 2.30. The van der Waals surface area contributed by atoms with Crippen LogP contribution in [0.3, 0.4) is 0 Å². The third-order valence-corrected chi connectivity index (χ3v) is 5.10. The molecular formula is C14H25ClN4OS. The first-order chi connectivity index (χ1) is 9.65. The van der Waals surface area contributed by atoms with Gasteiger partial charge in [0.25, 0.3) is 0 Å². The lowest BCUT2D eigenvalue weighted by Gasteiger charge is -2.23. The lowest BCUT2D eigenvalue weighted by atomic mass is 10.1. The van der Waals surface area contributed by atoms with Crippen LogP contribution < -0.4 is 10.6 Å². The van der Waals surface area contributed by atoms with E-state index < -0.39 is 0 Å². The van der Waals surface area contributed by atoms with Gasteiger partial charge in [-0.3, -0.25) is 9.48 Å². The molecule has 1 fully saturated rings. The maximum atomic E-state index is 12.5. The zero-order valence-electron chi connectivity index (χ0n) is 12.8. The third-order valence-electron chi connectivity index (χ3n) is 3.77. The van der Waals surface area contributed by atoms with Crippen LogP contribution in [0.15, 0.2) is 12.4 Å². The van der Waals surface area contributed by atoms with E-state index >= 15 is 0 Å². The summed E-state index contributed by atoms with van der Waals surface area (Å²) in [4.78, 5) is 12.5. The van der Waals surface area contributed by atoms with Gasteiger partial charge in [0.15, 0.2) is 0 Å². The first-order valence-electron chi connectivity index (χ1n) is 7.23. The quantitative estimate of drug-likeness (QED) is 0.835. The lowest BCUT2D eigenvalue weighted by Crippen LogP contribution is -2.44. The molecular weight excluding hydrogens is 308 g/mol. The van der Waals surface area contributed by atoms with E-state index in [1.54, 1.807) is 10.9 Å². The van der Waals surface area contributed by atoms with Crippen LogP contribution in [0.4, 0.5) is 0 Å². The number of carbonyl (C=O) groups excluding carboxylic acids is 1. The molecule has 5 nitrogen and oxygen atoms in total. The molecule has 1 heterocycles. The summed E-state index contributed by atoms with van der Waals surface area (Å²) in [6.07, 6.45) is 7.13. The summed E-state index contributed by atoms with van der Waals surface area (Å²) in [5.74, 6) is 1.16. The summed E-state index contributed by atoms with van der Waals surface area (Å²) in [7, 11) is 3.67. The van der Waals surface area contributed by atoms with Crippen LogP contribution >= 0.6 is 24.2 Å². The van der Waals surface area contributed by atoms with Crippen molar-refractivity contribution in [2.75, 3.05) is 12.8 Å². The second-order valence-corrected chi connectivity index (χ2v) is 6.72. The van der Waals surface area contributed by atoms with Gasteiger partial charge in [0.2, 0.25) is 5.91 Å². The van der Waals surface area contributed by atoms with Crippen molar-refractivity contribution in [3.8, 4) is 0 Å². The standard InChI is InChI=1S/C14H24N4OS.ClH/c1-4-20-12-7-5-6-11(12)17-14(19)13(15-2)10-8-16-18(3)9-10;/h8-9,11-13,15H,4-7H2,1-3H3,(H,17,19);1H. The fourth-order valence-electron chi connectivity index (χ4n) is 2.81.